The van der Waals surface area contributed by atoms with E-state index in [9.17, 15) is 41.5 Å². The highest BCUT2D eigenvalue weighted by molar-refractivity contribution is 6.39. The largest absolute Gasteiger partial charge is 0.479 e. The average molecular weight is 680 g/mol. The summed E-state index contributed by atoms with van der Waals surface area (Å²) < 4.78 is 65.4. The number of benzene rings is 2. The number of nitrogens with zero attached hydrogens (tertiary/aromatic N) is 1. The Kier molecular flexibility index (Phi) is 13.1. The van der Waals surface area contributed by atoms with Gasteiger partial charge in [-0.15, -0.1) is 0 Å². The number of amides is 3. The minimum atomic E-state index is -1.87. The molecule has 3 amide bonds. The topological polar surface area (TPSA) is 131 Å². The van der Waals surface area contributed by atoms with Gasteiger partial charge in [0.05, 0.1) is 18.9 Å². The van der Waals surface area contributed by atoms with E-state index in [2.05, 4.69) is 10.6 Å². The van der Waals surface area contributed by atoms with Gasteiger partial charge in [0.15, 0.2) is 23.2 Å². The lowest BCUT2D eigenvalue weighted by Crippen LogP contribution is -2.49. The summed E-state index contributed by atoms with van der Waals surface area (Å²) in [6.45, 7) is 8.29. The summed E-state index contributed by atoms with van der Waals surface area (Å²) in [6.07, 6.45) is 0.574. The van der Waals surface area contributed by atoms with Crippen molar-refractivity contribution in [3.63, 3.8) is 0 Å². The molecule has 0 saturated carbocycles. The summed E-state index contributed by atoms with van der Waals surface area (Å²) in [5, 5.41) is 5.10. The molecule has 2 aromatic carbocycles. The quantitative estimate of drug-likeness (QED) is 0.151. The van der Waals surface area contributed by atoms with E-state index in [4.69, 9.17) is 9.47 Å². The van der Waals surface area contributed by atoms with Crippen molar-refractivity contribution in [1.29, 1.82) is 0 Å². The second-order valence-electron chi connectivity index (χ2n) is 13.1. The molecule has 0 bridgehead atoms. The van der Waals surface area contributed by atoms with Crippen molar-refractivity contribution in [2.24, 2.45) is 11.8 Å². The summed E-state index contributed by atoms with van der Waals surface area (Å²) in [5.74, 6) is -14.1. The van der Waals surface area contributed by atoms with Crippen molar-refractivity contribution in [1.82, 2.24) is 10.2 Å². The van der Waals surface area contributed by atoms with Gasteiger partial charge in [0.1, 0.15) is 12.6 Å². The molecule has 1 unspecified atom stereocenters. The lowest BCUT2D eigenvalue weighted by molar-refractivity contribution is -0.147. The van der Waals surface area contributed by atoms with Crippen LogP contribution >= 0.6 is 0 Å². The zero-order chi connectivity index (χ0) is 35.8. The molecular weight excluding hydrogens is 638 g/mol. The Labute approximate surface area is 276 Å². The van der Waals surface area contributed by atoms with Crippen LogP contribution in [-0.4, -0.2) is 66.7 Å². The van der Waals surface area contributed by atoms with Crippen LogP contribution in [0.1, 0.15) is 65.9 Å². The number of halogens is 4. The highest BCUT2D eigenvalue weighted by Gasteiger charge is 2.34. The molecular formula is C34H41F4N3O7. The van der Waals surface area contributed by atoms with Gasteiger partial charge in [-0.2, -0.15) is 8.78 Å². The normalized spacial score (nSPS) is 15.7. The van der Waals surface area contributed by atoms with Crippen LogP contribution in [0.4, 0.5) is 23.2 Å². The van der Waals surface area contributed by atoms with Crippen molar-refractivity contribution in [3.8, 4) is 5.75 Å². The minimum Gasteiger partial charge on any atom is -0.479 e. The molecule has 1 aliphatic rings. The number of hydrogen-bond donors (Lipinski definition) is 2. The van der Waals surface area contributed by atoms with Crippen LogP contribution in [0.15, 0.2) is 30.3 Å². The molecule has 2 aromatic rings. The van der Waals surface area contributed by atoms with Crippen LogP contribution < -0.4 is 15.4 Å². The van der Waals surface area contributed by atoms with Crippen LogP contribution in [0, 0.1) is 35.1 Å². The zero-order valence-corrected chi connectivity index (χ0v) is 27.6. The third-order valence-electron chi connectivity index (χ3n) is 7.59. The molecule has 2 atom stereocenters. The van der Waals surface area contributed by atoms with Crippen LogP contribution in [0.3, 0.4) is 0 Å². The molecule has 48 heavy (non-hydrogen) atoms. The van der Waals surface area contributed by atoms with Gasteiger partial charge in [-0.25, -0.2) is 8.78 Å². The zero-order valence-electron chi connectivity index (χ0n) is 27.6. The third-order valence-corrected chi connectivity index (χ3v) is 7.59. The Morgan fingerprint density at radius 2 is 1.62 bits per heavy atom. The minimum absolute atomic E-state index is 0.00513. The first-order chi connectivity index (χ1) is 22.5. The summed E-state index contributed by atoms with van der Waals surface area (Å²) in [4.78, 5) is 66.6. The van der Waals surface area contributed by atoms with Crippen molar-refractivity contribution >= 4 is 35.2 Å². The fraction of sp³-hybridized carbons (Fsp3) is 0.500. The maximum atomic E-state index is 14.1. The number of carbonyl (C=O) groups is 5. The highest BCUT2D eigenvalue weighted by atomic mass is 19.2. The maximum absolute atomic E-state index is 14.1. The van der Waals surface area contributed by atoms with Crippen molar-refractivity contribution in [2.45, 2.75) is 71.8 Å². The molecule has 2 N–H and O–H groups in total. The second-order valence-corrected chi connectivity index (χ2v) is 13.1. The Morgan fingerprint density at radius 3 is 2.25 bits per heavy atom. The number of likely N-dealkylation sites (tertiary alicyclic amines) is 1. The molecule has 1 aliphatic heterocycles. The SMILES string of the molecule is CC(C)COC(=O)C[C@H](NC(=O)C1CCCCN(C(=O)C(=O)Nc2ccccc2C(C)(C)C)C1)C(=O)COc1c(F)c(F)cc(F)c1F. The molecule has 1 heterocycles. The van der Waals surface area contributed by atoms with Crippen LogP contribution in [0.2, 0.25) is 0 Å². The van der Waals surface area contributed by atoms with Crippen molar-refractivity contribution in [2.75, 3.05) is 31.6 Å². The Balaban J connectivity index is 1.74. The van der Waals surface area contributed by atoms with E-state index in [0.717, 1.165) is 5.56 Å². The summed E-state index contributed by atoms with van der Waals surface area (Å²) in [7, 11) is 0. The van der Waals surface area contributed by atoms with Gasteiger partial charge in [-0.05, 0) is 35.8 Å². The van der Waals surface area contributed by atoms with Gasteiger partial charge in [0.2, 0.25) is 17.5 Å². The first-order valence-corrected chi connectivity index (χ1v) is 15.6. The van der Waals surface area contributed by atoms with Gasteiger partial charge in [0, 0.05) is 24.8 Å². The predicted molar refractivity (Wildman–Crippen MR) is 167 cm³/mol. The molecule has 1 saturated heterocycles. The smallest absolute Gasteiger partial charge is 0.313 e. The number of rotatable bonds is 11. The lowest BCUT2D eigenvalue weighted by Gasteiger charge is -2.26. The molecule has 0 aliphatic carbocycles. The fourth-order valence-corrected chi connectivity index (χ4v) is 5.05. The fourth-order valence-electron chi connectivity index (χ4n) is 5.05. The number of hydrogen-bond acceptors (Lipinski definition) is 7. The van der Waals surface area contributed by atoms with Gasteiger partial charge < -0.3 is 25.0 Å². The van der Waals surface area contributed by atoms with E-state index >= 15 is 0 Å². The molecule has 3 rings (SSSR count). The summed E-state index contributed by atoms with van der Waals surface area (Å²) in [6, 6.07) is 5.44. The van der Waals surface area contributed by atoms with Gasteiger partial charge in [-0.3, -0.25) is 24.0 Å². The molecule has 14 heteroatoms. The van der Waals surface area contributed by atoms with Gasteiger partial charge >= 0.3 is 17.8 Å². The Bertz CT molecular complexity index is 1500. The Morgan fingerprint density at radius 1 is 0.979 bits per heavy atom. The van der Waals surface area contributed by atoms with E-state index in [1.54, 1.807) is 26.0 Å². The maximum Gasteiger partial charge on any atom is 0.313 e. The number of anilines is 1. The van der Waals surface area contributed by atoms with E-state index in [1.165, 1.54) is 4.90 Å². The number of ether oxygens (including phenoxy) is 2. The first kappa shape index (κ1) is 38.0. The van der Waals surface area contributed by atoms with Crippen molar-refractivity contribution < 1.29 is 51.0 Å². The van der Waals surface area contributed by atoms with Gasteiger partial charge in [0.25, 0.3) is 0 Å². The number of Topliss-reactive ketones (excluding diaryl/α,β-unsaturated/α-hetero) is 1. The van der Waals surface area contributed by atoms with Crippen molar-refractivity contribution in [3.05, 3.63) is 59.2 Å². The number of nitrogens with one attached hydrogen (secondary N) is 2. The highest BCUT2D eigenvalue weighted by Crippen LogP contribution is 2.30. The van der Waals surface area contributed by atoms with E-state index in [0.29, 0.717) is 18.5 Å². The average Bonchev–Trinajstić information content (AvgIpc) is 3.28. The number of esters is 1. The molecule has 262 valence electrons. The molecule has 0 aromatic heterocycles. The molecule has 10 nitrogen and oxygen atoms in total. The van der Waals surface area contributed by atoms with Crippen LogP contribution in [-0.2, 0) is 34.1 Å². The molecule has 0 spiro atoms. The first-order valence-electron chi connectivity index (χ1n) is 15.6. The molecule has 1 fully saturated rings. The predicted octanol–water partition coefficient (Wildman–Crippen LogP) is 4.83. The van der Waals surface area contributed by atoms with Crippen LogP contribution in [0.25, 0.3) is 0 Å². The van der Waals surface area contributed by atoms with E-state index < -0.39 is 83.5 Å². The standard InChI is InChI=1S/C34H41F4N3O7/c1-19(2)17-47-27(43)15-25(26(42)18-48-30-28(37)22(35)14-23(36)29(30)38)40-31(44)20-10-8-9-13-41(16-20)33(46)32(45)39-24-12-7-6-11-21(24)34(3,4)5/h6-7,11-12,14,19-20,25H,8-10,13,15-18H2,1-5H3,(H,39,45)(H,40,44)/t20?,25-/m0/s1. The second kappa shape index (κ2) is 16.6. The molecule has 0 radical (unpaired) electrons. The van der Waals surface area contributed by atoms with Crippen LogP contribution in [0.5, 0.6) is 5.75 Å². The van der Waals surface area contributed by atoms with Gasteiger partial charge in [-0.1, -0.05) is 59.2 Å². The van der Waals surface area contributed by atoms with E-state index in [-0.39, 0.29) is 43.5 Å². The summed E-state index contributed by atoms with van der Waals surface area (Å²) in [5.41, 5.74) is 0.967. The lowest BCUT2D eigenvalue weighted by atomic mass is 9.86. The number of carbonyl (C=O) groups excluding carboxylic acids is 5. The monoisotopic (exact) mass is 679 g/mol. The third kappa shape index (κ3) is 10.3. The number of para-hydroxylation sites is 1. The number of ketones is 1. The summed E-state index contributed by atoms with van der Waals surface area (Å²) >= 11 is 0. The Hall–Kier alpha value is -4.49. The van der Waals surface area contributed by atoms with E-state index in [1.807, 2.05) is 32.9 Å².